The second kappa shape index (κ2) is 7.79. The lowest BCUT2D eigenvalue weighted by atomic mass is 9.85. The number of rotatable bonds is 6. The van der Waals surface area contributed by atoms with E-state index in [1.807, 2.05) is 31.2 Å². The fraction of sp³-hybridized carbons (Fsp3) is 0.579. The molecule has 5 nitrogen and oxygen atoms in total. The monoisotopic (exact) mass is 333 g/mol. The summed E-state index contributed by atoms with van der Waals surface area (Å²) in [7, 11) is 0. The van der Waals surface area contributed by atoms with E-state index in [-0.39, 0.29) is 30.9 Å². The molecule has 2 unspecified atom stereocenters. The fourth-order valence-electron chi connectivity index (χ4n) is 3.18. The molecule has 1 aliphatic heterocycles. The molecule has 0 aliphatic carbocycles. The molecule has 5 heteroatoms. The zero-order chi connectivity index (χ0) is 17.7. The Hall–Kier alpha value is -1.88. The van der Waals surface area contributed by atoms with Gasteiger partial charge >= 0.3 is 5.97 Å². The van der Waals surface area contributed by atoms with Gasteiger partial charge in [-0.05, 0) is 30.7 Å². The van der Waals surface area contributed by atoms with Gasteiger partial charge in [-0.3, -0.25) is 9.59 Å². The summed E-state index contributed by atoms with van der Waals surface area (Å²) in [6.07, 6.45) is 1.79. The van der Waals surface area contributed by atoms with E-state index in [0.29, 0.717) is 6.61 Å². The molecule has 0 spiro atoms. The summed E-state index contributed by atoms with van der Waals surface area (Å²) in [6, 6.07) is 8.09. The summed E-state index contributed by atoms with van der Waals surface area (Å²) >= 11 is 0. The van der Waals surface area contributed by atoms with Gasteiger partial charge in [0.15, 0.2) is 0 Å². The molecule has 2 rings (SSSR count). The molecule has 1 saturated heterocycles. The zero-order valence-corrected chi connectivity index (χ0v) is 14.7. The molecule has 1 aliphatic rings. The van der Waals surface area contributed by atoms with Crippen LogP contribution in [-0.4, -0.2) is 29.6 Å². The summed E-state index contributed by atoms with van der Waals surface area (Å²) in [6.45, 7) is 6.33. The van der Waals surface area contributed by atoms with Crippen molar-refractivity contribution in [2.45, 2.75) is 58.6 Å². The molecule has 0 bridgehead atoms. The predicted molar refractivity (Wildman–Crippen MR) is 91.7 cm³/mol. The van der Waals surface area contributed by atoms with Gasteiger partial charge < -0.3 is 15.2 Å². The van der Waals surface area contributed by atoms with Crippen LogP contribution in [0.2, 0.25) is 0 Å². The first-order chi connectivity index (χ1) is 11.3. The maximum absolute atomic E-state index is 12.4. The van der Waals surface area contributed by atoms with Gasteiger partial charge in [0.25, 0.3) is 0 Å². The van der Waals surface area contributed by atoms with E-state index in [4.69, 9.17) is 9.84 Å². The van der Waals surface area contributed by atoms with Crippen molar-refractivity contribution in [1.82, 2.24) is 5.32 Å². The normalized spacial score (nSPS) is 21.3. The highest BCUT2D eigenvalue weighted by atomic mass is 16.5. The molecule has 0 radical (unpaired) electrons. The van der Waals surface area contributed by atoms with Crippen LogP contribution in [0.4, 0.5) is 0 Å². The molecule has 1 fully saturated rings. The summed E-state index contributed by atoms with van der Waals surface area (Å²) in [5, 5.41) is 12.0. The highest BCUT2D eigenvalue weighted by molar-refractivity contribution is 5.78. The van der Waals surface area contributed by atoms with Gasteiger partial charge in [0.1, 0.15) is 6.10 Å². The van der Waals surface area contributed by atoms with E-state index in [1.54, 1.807) is 13.8 Å². The lowest BCUT2D eigenvalue weighted by Gasteiger charge is -2.33. The van der Waals surface area contributed by atoms with E-state index < -0.39 is 11.4 Å². The fourth-order valence-corrected chi connectivity index (χ4v) is 3.18. The first kappa shape index (κ1) is 18.5. The topological polar surface area (TPSA) is 75.6 Å². The van der Waals surface area contributed by atoms with Crippen molar-refractivity contribution in [3.8, 4) is 0 Å². The van der Waals surface area contributed by atoms with Crippen molar-refractivity contribution < 1.29 is 19.4 Å². The van der Waals surface area contributed by atoms with Gasteiger partial charge in [-0.2, -0.15) is 0 Å². The second-order valence-electron chi connectivity index (χ2n) is 7.43. The van der Waals surface area contributed by atoms with E-state index in [2.05, 4.69) is 5.32 Å². The summed E-state index contributed by atoms with van der Waals surface area (Å²) in [4.78, 5) is 23.3. The second-order valence-corrected chi connectivity index (χ2v) is 7.43. The maximum atomic E-state index is 12.4. The standard InChI is InChI=1S/C19H27NO4/c1-13-6-8-14(9-7-13)18-15(5-4-10-24-18)20-16(21)11-19(2,3)12-17(22)23/h6-9,15,18H,4-5,10-12H2,1-3H3,(H,20,21)(H,22,23). The molecular weight excluding hydrogens is 306 g/mol. The zero-order valence-electron chi connectivity index (χ0n) is 14.7. The number of carboxylic acid groups (broad SMARTS) is 1. The van der Waals surface area contributed by atoms with Crippen molar-refractivity contribution >= 4 is 11.9 Å². The summed E-state index contributed by atoms with van der Waals surface area (Å²) in [5.41, 5.74) is 1.69. The van der Waals surface area contributed by atoms with Crippen LogP contribution in [0.25, 0.3) is 0 Å². The number of amides is 1. The minimum atomic E-state index is -0.883. The Bertz CT molecular complexity index is 580. The highest BCUT2D eigenvalue weighted by Crippen LogP contribution is 2.30. The minimum absolute atomic E-state index is 0.0248. The highest BCUT2D eigenvalue weighted by Gasteiger charge is 2.31. The number of aryl methyl sites for hydroxylation is 1. The maximum Gasteiger partial charge on any atom is 0.303 e. The van der Waals surface area contributed by atoms with Crippen LogP contribution in [0.5, 0.6) is 0 Å². The minimum Gasteiger partial charge on any atom is -0.481 e. The van der Waals surface area contributed by atoms with Gasteiger partial charge in [0.2, 0.25) is 5.91 Å². The van der Waals surface area contributed by atoms with E-state index in [1.165, 1.54) is 5.56 Å². The molecule has 1 aromatic rings. The molecule has 132 valence electrons. The third-order valence-corrected chi connectivity index (χ3v) is 4.34. The lowest BCUT2D eigenvalue weighted by Crippen LogP contribution is -2.44. The largest absolute Gasteiger partial charge is 0.481 e. The molecule has 24 heavy (non-hydrogen) atoms. The summed E-state index contributed by atoms with van der Waals surface area (Å²) in [5.74, 6) is -1.000. The van der Waals surface area contributed by atoms with Crippen LogP contribution >= 0.6 is 0 Å². The van der Waals surface area contributed by atoms with Crippen molar-refractivity contribution in [3.63, 3.8) is 0 Å². The Morgan fingerprint density at radius 3 is 2.54 bits per heavy atom. The molecule has 0 aromatic heterocycles. The summed E-state index contributed by atoms with van der Waals surface area (Å²) < 4.78 is 5.90. The SMILES string of the molecule is Cc1ccc(C2OCCCC2NC(=O)CC(C)(C)CC(=O)O)cc1. The Kier molecular flexibility index (Phi) is 5.99. The lowest BCUT2D eigenvalue weighted by molar-refractivity contribution is -0.139. The van der Waals surface area contributed by atoms with Crippen LogP contribution in [-0.2, 0) is 14.3 Å². The average molecular weight is 333 g/mol. The molecule has 2 N–H and O–H groups in total. The molecule has 0 saturated carbocycles. The van der Waals surface area contributed by atoms with Gasteiger partial charge in [-0.1, -0.05) is 43.7 Å². The Balaban J connectivity index is 2.01. The van der Waals surface area contributed by atoms with Crippen LogP contribution < -0.4 is 5.32 Å². The van der Waals surface area contributed by atoms with Crippen molar-refractivity contribution in [2.24, 2.45) is 5.41 Å². The number of hydrogen-bond acceptors (Lipinski definition) is 3. The van der Waals surface area contributed by atoms with Gasteiger partial charge in [0.05, 0.1) is 12.5 Å². The van der Waals surface area contributed by atoms with Gasteiger partial charge in [0, 0.05) is 13.0 Å². The van der Waals surface area contributed by atoms with E-state index >= 15 is 0 Å². The van der Waals surface area contributed by atoms with Crippen molar-refractivity contribution in [1.29, 1.82) is 0 Å². The Labute approximate surface area is 143 Å². The average Bonchev–Trinajstić information content (AvgIpc) is 2.46. The van der Waals surface area contributed by atoms with Crippen molar-refractivity contribution in [2.75, 3.05) is 6.61 Å². The molecular formula is C19H27NO4. The predicted octanol–water partition coefficient (Wildman–Crippen LogP) is 3.22. The number of carbonyl (C=O) groups is 2. The van der Waals surface area contributed by atoms with E-state index in [0.717, 1.165) is 18.4 Å². The third kappa shape index (κ3) is 5.34. The first-order valence-electron chi connectivity index (χ1n) is 8.46. The van der Waals surface area contributed by atoms with Crippen LogP contribution in [0.3, 0.4) is 0 Å². The van der Waals surface area contributed by atoms with Crippen LogP contribution in [0.15, 0.2) is 24.3 Å². The quantitative estimate of drug-likeness (QED) is 0.838. The van der Waals surface area contributed by atoms with Gasteiger partial charge in [-0.25, -0.2) is 0 Å². The van der Waals surface area contributed by atoms with E-state index in [9.17, 15) is 9.59 Å². The number of nitrogens with one attached hydrogen (secondary N) is 1. The number of ether oxygens (including phenoxy) is 1. The third-order valence-electron chi connectivity index (χ3n) is 4.34. The molecule has 1 heterocycles. The number of carbonyl (C=O) groups excluding carboxylic acids is 1. The first-order valence-corrected chi connectivity index (χ1v) is 8.46. The molecule has 1 amide bonds. The van der Waals surface area contributed by atoms with Crippen molar-refractivity contribution in [3.05, 3.63) is 35.4 Å². The van der Waals surface area contributed by atoms with Crippen LogP contribution in [0, 0.1) is 12.3 Å². The molecule has 1 aromatic carbocycles. The van der Waals surface area contributed by atoms with Crippen LogP contribution in [0.1, 0.15) is 56.8 Å². The number of benzene rings is 1. The number of hydrogen-bond donors (Lipinski definition) is 2. The Morgan fingerprint density at radius 2 is 1.92 bits per heavy atom. The molecule has 2 atom stereocenters. The van der Waals surface area contributed by atoms with Gasteiger partial charge in [-0.15, -0.1) is 0 Å². The smallest absolute Gasteiger partial charge is 0.303 e. The number of carboxylic acids is 1. The Morgan fingerprint density at radius 1 is 1.25 bits per heavy atom. The number of aliphatic carboxylic acids is 1.